The van der Waals surface area contributed by atoms with E-state index in [-0.39, 0.29) is 24.1 Å². The molecule has 1 rings (SSSR count). The third kappa shape index (κ3) is 2.51. The van der Waals surface area contributed by atoms with Crippen LogP contribution < -0.4 is 0 Å². The maximum atomic E-state index is 12.3. The number of nitrogens with one attached hydrogen (secondary N) is 1. The van der Waals surface area contributed by atoms with Crippen molar-refractivity contribution in [2.24, 2.45) is 0 Å². The van der Waals surface area contributed by atoms with Gasteiger partial charge in [-0.15, -0.1) is 12.4 Å². The fourth-order valence-corrected chi connectivity index (χ4v) is 0.719. The fourth-order valence-electron chi connectivity index (χ4n) is 0.719. The van der Waals surface area contributed by atoms with E-state index in [4.69, 9.17) is 5.41 Å². The van der Waals surface area contributed by atoms with Gasteiger partial charge in [-0.1, -0.05) is 0 Å². The van der Waals surface area contributed by atoms with Gasteiger partial charge in [0.2, 0.25) is 5.90 Å². The molecule has 2 nitrogen and oxygen atoms in total. The first-order valence-corrected chi connectivity index (χ1v) is 3.12. The molecule has 0 unspecified atom stereocenters. The molecule has 1 aromatic rings. The molecule has 12 heavy (non-hydrogen) atoms. The van der Waals surface area contributed by atoms with Crippen LogP contribution in [0.2, 0.25) is 0 Å². The lowest BCUT2D eigenvalue weighted by Gasteiger charge is -2.00. The molecule has 0 aliphatic heterocycles. The van der Waals surface area contributed by atoms with E-state index < -0.39 is 0 Å². The highest BCUT2D eigenvalue weighted by Gasteiger charge is 1.98. The largest absolute Gasteiger partial charge is 0.481 e. The lowest BCUT2D eigenvalue weighted by atomic mass is 10.2. The quantitative estimate of drug-likeness (QED) is 0.533. The van der Waals surface area contributed by atoms with Gasteiger partial charge in [0.25, 0.3) is 0 Å². The van der Waals surface area contributed by atoms with Crippen LogP contribution in [0.3, 0.4) is 0 Å². The van der Waals surface area contributed by atoms with E-state index in [2.05, 4.69) is 4.74 Å². The number of rotatable bonds is 1. The molecular weight excluding hydrogens is 181 g/mol. The average molecular weight is 190 g/mol. The van der Waals surface area contributed by atoms with Gasteiger partial charge in [0.1, 0.15) is 5.82 Å². The van der Waals surface area contributed by atoms with Crippen LogP contribution in [0.15, 0.2) is 24.3 Å². The number of ether oxygens (including phenoxy) is 1. The Kier molecular flexibility index (Phi) is 4.29. The third-order valence-corrected chi connectivity index (χ3v) is 1.31. The molecule has 0 heterocycles. The van der Waals surface area contributed by atoms with E-state index in [1.165, 1.54) is 31.4 Å². The molecule has 0 aliphatic rings. The van der Waals surface area contributed by atoms with Crippen molar-refractivity contribution in [3.8, 4) is 0 Å². The van der Waals surface area contributed by atoms with Crippen LogP contribution in [0.25, 0.3) is 0 Å². The summed E-state index contributed by atoms with van der Waals surface area (Å²) in [6.45, 7) is 0. The Bertz CT molecular complexity index is 260. The molecule has 0 atom stereocenters. The zero-order valence-electron chi connectivity index (χ0n) is 6.50. The topological polar surface area (TPSA) is 33.1 Å². The number of hydrogen-bond acceptors (Lipinski definition) is 2. The van der Waals surface area contributed by atoms with Crippen LogP contribution in [0.1, 0.15) is 5.56 Å². The monoisotopic (exact) mass is 189 g/mol. The molecule has 66 valence electrons. The highest BCUT2D eigenvalue weighted by molar-refractivity contribution is 5.91. The Balaban J connectivity index is 0.00000121. The standard InChI is InChI=1S/C8H8FNO.ClH/c1-11-8(10)6-2-4-7(9)5-3-6;/h2-5,10H,1H3;1H. The molecule has 0 spiro atoms. The van der Waals surface area contributed by atoms with Crippen molar-refractivity contribution in [3.05, 3.63) is 35.6 Å². The molecule has 1 aromatic carbocycles. The number of halogens is 2. The lowest BCUT2D eigenvalue weighted by molar-refractivity contribution is 0.401. The second-order valence-corrected chi connectivity index (χ2v) is 2.04. The summed E-state index contributed by atoms with van der Waals surface area (Å²) in [6.07, 6.45) is 0. The molecule has 4 heteroatoms. The van der Waals surface area contributed by atoms with Gasteiger partial charge in [0.05, 0.1) is 7.11 Å². The van der Waals surface area contributed by atoms with Gasteiger partial charge in [0, 0.05) is 5.56 Å². The Morgan fingerprint density at radius 1 is 1.33 bits per heavy atom. The second kappa shape index (κ2) is 4.72. The number of benzene rings is 1. The van der Waals surface area contributed by atoms with Crippen LogP contribution in [0, 0.1) is 11.2 Å². The van der Waals surface area contributed by atoms with E-state index in [1.54, 1.807) is 0 Å². The molecular formula is C8H9ClFNO. The molecule has 0 saturated carbocycles. The first-order valence-electron chi connectivity index (χ1n) is 3.12. The molecule has 1 N–H and O–H groups in total. The van der Waals surface area contributed by atoms with Crippen molar-refractivity contribution >= 4 is 18.3 Å². The van der Waals surface area contributed by atoms with Crippen LogP contribution in [0.4, 0.5) is 4.39 Å². The fraction of sp³-hybridized carbons (Fsp3) is 0.125. The minimum absolute atomic E-state index is 0. The Labute approximate surface area is 76.3 Å². The first-order chi connectivity index (χ1) is 5.24. The smallest absolute Gasteiger partial charge is 0.212 e. The van der Waals surface area contributed by atoms with E-state index in [9.17, 15) is 4.39 Å². The van der Waals surface area contributed by atoms with Crippen LogP contribution in [0.5, 0.6) is 0 Å². The van der Waals surface area contributed by atoms with Gasteiger partial charge in [-0.3, -0.25) is 5.41 Å². The van der Waals surface area contributed by atoms with Gasteiger partial charge in [0.15, 0.2) is 0 Å². The van der Waals surface area contributed by atoms with Gasteiger partial charge in [-0.05, 0) is 24.3 Å². The van der Waals surface area contributed by atoms with Crippen molar-refractivity contribution in [1.29, 1.82) is 5.41 Å². The summed E-state index contributed by atoms with van der Waals surface area (Å²) in [7, 11) is 1.41. The highest BCUT2D eigenvalue weighted by atomic mass is 35.5. The number of hydrogen-bond donors (Lipinski definition) is 1. The third-order valence-electron chi connectivity index (χ3n) is 1.31. The normalized spacial score (nSPS) is 8.50. The minimum Gasteiger partial charge on any atom is -0.481 e. The number of methoxy groups -OCH3 is 1. The van der Waals surface area contributed by atoms with Crippen LogP contribution >= 0.6 is 12.4 Å². The molecule has 0 bridgehead atoms. The lowest BCUT2D eigenvalue weighted by Crippen LogP contribution is -2.00. The second-order valence-electron chi connectivity index (χ2n) is 2.04. The van der Waals surface area contributed by atoms with Crippen molar-refractivity contribution in [3.63, 3.8) is 0 Å². The summed E-state index contributed by atoms with van der Waals surface area (Å²) in [5.41, 5.74) is 0.578. The SMILES string of the molecule is COC(=N)c1ccc(F)cc1.Cl. The van der Waals surface area contributed by atoms with E-state index >= 15 is 0 Å². The molecule has 0 aliphatic carbocycles. The summed E-state index contributed by atoms with van der Waals surface area (Å²) in [5.74, 6) is -0.261. The van der Waals surface area contributed by atoms with Crippen LogP contribution in [-0.4, -0.2) is 13.0 Å². The summed E-state index contributed by atoms with van der Waals surface area (Å²) in [4.78, 5) is 0. The highest BCUT2D eigenvalue weighted by Crippen LogP contribution is 2.03. The summed E-state index contributed by atoms with van der Waals surface area (Å²) in [6, 6.07) is 5.59. The van der Waals surface area contributed by atoms with Crippen LogP contribution in [-0.2, 0) is 4.74 Å². The summed E-state index contributed by atoms with van der Waals surface area (Å²) < 4.78 is 17.0. The van der Waals surface area contributed by atoms with Crippen molar-refractivity contribution in [1.82, 2.24) is 0 Å². The molecule has 0 aromatic heterocycles. The van der Waals surface area contributed by atoms with Crippen molar-refractivity contribution < 1.29 is 9.13 Å². The van der Waals surface area contributed by atoms with Crippen molar-refractivity contribution in [2.75, 3.05) is 7.11 Å². The minimum atomic E-state index is -0.308. The maximum Gasteiger partial charge on any atom is 0.212 e. The van der Waals surface area contributed by atoms with Crippen molar-refractivity contribution in [2.45, 2.75) is 0 Å². The predicted molar refractivity (Wildman–Crippen MR) is 47.5 cm³/mol. The van der Waals surface area contributed by atoms with Gasteiger partial charge < -0.3 is 4.74 Å². The van der Waals surface area contributed by atoms with E-state index in [0.717, 1.165) is 0 Å². The van der Waals surface area contributed by atoms with Gasteiger partial charge >= 0.3 is 0 Å². The van der Waals surface area contributed by atoms with E-state index in [0.29, 0.717) is 5.56 Å². The van der Waals surface area contributed by atoms with Gasteiger partial charge in [-0.25, -0.2) is 4.39 Å². The van der Waals surface area contributed by atoms with Gasteiger partial charge in [-0.2, -0.15) is 0 Å². The molecule has 0 fully saturated rings. The first kappa shape index (κ1) is 10.9. The molecule has 0 amide bonds. The zero-order chi connectivity index (χ0) is 8.27. The Morgan fingerprint density at radius 2 is 1.83 bits per heavy atom. The summed E-state index contributed by atoms with van der Waals surface area (Å²) >= 11 is 0. The Hall–Kier alpha value is -1.09. The zero-order valence-corrected chi connectivity index (χ0v) is 7.32. The average Bonchev–Trinajstić information content (AvgIpc) is 2.05. The predicted octanol–water partition coefficient (Wildman–Crippen LogP) is 2.22. The molecule has 0 saturated heterocycles. The Morgan fingerprint density at radius 3 is 2.25 bits per heavy atom. The van der Waals surface area contributed by atoms with E-state index in [1.807, 2.05) is 0 Å². The maximum absolute atomic E-state index is 12.3. The summed E-state index contributed by atoms with van der Waals surface area (Å²) in [5, 5.41) is 7.20. The molecule has 0 radical (unpaired) electrons.